The standard InChI is InChI=1S/C16H16N2O4S/c1-21-15(20)12-4-2-11(3-5-12)10-13-14(19)17-16(23-13)18-6-8-22-9-7-18/h2-5,10H,6-9H2,1H3. The fourth-order valence-corrected chi connectivity index (χ4v) is 3.24. The number of methoxy groups -OCH3 is 1. The molecule has 23 heavy (non-hydrogen) atoms. The molecule has 3 rings (SSSR count). The van der Waals surface area contributed by atoms with Crippen LogP contribution in [-0.4, -0.2) is 55.4 Å². The molecule has 0 bridgehead atoms. The van der Waals surface area contributed by atoms with Gasteiger partial charge in [-0.2, -0.15) is 4.99 Å². The third-order valence-electron chi connectivity index (χ3n) is 3.52. The van der Waals surface area contributed by atoms with Gasteiger partial charge in [0.1, 0.15) is 0 Å². The number of benzene rings is 1. The zero-order valence-electron chi connectivity index (χ0n) is 12.7. The number of carbonyl (C=O) groups is 2. The van der Waals surface area contributed by atoms with E-state index in [-0.39, 0.29) is 11.9 Å². The molecule has 0 unspecified atom stereocenters. The lowest BCUT2D eigenvalue weighted by Crippen LogP contribution is -2.38. The summed E-state index contributed by atoms with van der Waals surface area (Å²) >= 11 is 1.38. The summed E-state index contributed by atoms with van der Waals surface area (Å²) in [7, 11) is 1.34. The lowest BCUT2D eigenvalue weighted by atomic mass is 10.1. The van der Waals surface area contributed by atoms with Gasteiger partial charge in [-0.25, -0.2) is 4.79 Å². The van der Waals surface area contributed by atoms with Crippen molar-refractivity contribution in [2.24, 2.45) is 4.99 Å². The number of ether oxygens (including phenoxy) is 2. The Hall–Kier alpha value is -2.12. The van der Waals surface area contributed by atoms with Gasteiger partial charge in [-0.3, -0.25) is 4.79 Å². The Morgan fingerprint density at radius 3 is 2.65 bits per heavy atom. The van der Waals surface area contributed by atoms with Gasteiger partial charge in [0.05, 0.1) is 30.8 Å². The molecular formula is C16H16N2O4S. The first kappa shape index (κ1) is 15.8. The lowest BCUT2D eigenvalue weighted by Gasteiger charge is -2.27. The number of amides is 1. The third kappa shape index (κ3) is 3.62. The second-order valence-electron chi connectivity index (χ2n) is 5.02. The van der Waals surface area contributed by atoms with Crippen molar-refractivity contribution in [2.75, 3.05) is 33.4 Å². The van der Waals surface area contributed by atoms with E-state index in [4.69, 9.17) is 4.74 Å². The number of esters is 1. The van der Waals surface area contributed by atoms with Crippen molar-refractivity contribution >= 4 is 34.9 Å². The van der Waals surface area contributed by atoms with Gasteiger partial charge in [0, 0.05) is 13.1 Å². The zero-order valence-corrected chi connectivity index (χ0v) is 13.5. The second kappa shape index (κ2) is 6.97. The van der Waals surface area contributed by atoms with E-state index < -0.39 is 0 Å². The molecular weight excluding hydrogens is 316 g/mol. The van der Waals surface area contributed by atoms with Gasteiger partial charge in [0.15, 0.2) is 5.17 Å². The van der Waals surface area contributed by atoms with Gasteiger partial charge in [-0.15, -0.1) is 0 Å². The van der Waals surface area contributed by atoms with Gasteiger partial charge in [-0.05, 0) is 35.5 Å². The molecule has 0 saturated carbocycles. The van der Waals surface area contributed by atoms with Crippen LogP contribution < -0.4 is 0 Å². The molecule has 1 amide bonds. The van der Waals surface area contributed by atoms with E-state index in [2.05, 4.69) is 14.6 Å². The van der Waals surface area contributed by atoms with Crippen LogP contribution >= 0.6 is 11.8 Å². The highest BCUT2D eigenvalue weighted by molar-refractivity contribution is 8.18. The number of aliphatic imine (C=N–C) groups is 1. The number of morpholine rings is 1. The molecule has 0 N–H and O–H groups in total. The van der Waals surface area contributed by atoms with E-state index in [1.165, 1.54) is 18.9 Å². The predicted octanol–water partition coefficient (Wildman–Crippen LogP) is 1.78. The van der Waals surface area contributed by atoms with Crippen molar-refractivity contribution in [1.29, 1.82) is 0 Å². The first-order valence-electron chi connectivity index (χ1n) is 7.21. The lowest BCUT2D eigenvalue weighted by molar-refractivity contribution is -0.113. The molecule has 0 radical (unpaired) electrons. The first-order valence-corrected chi connectivity index (χ1v) is 8.02. The quantitative estimate of drug-likeness (QED) is 0.607. The zero-order chi connectivity index (χ0) is 16.2. The highest BCUT2D eigenvalue weighted by atomic mass is 32.2. The number of rotatable bonds is 2. The fourth-order valence-electron chi connectivity index (χ4n) is 2.27. The minimum atomic E-state index is -0.381. The number of amidine groups is 1. The molecule has 1 saturated heterocycles. The van der Waals surface area contributed by atoms with Gasteiger partial charge < -0.3 is 14.4 Å². The molecule has 0 spiro atoms. The Balaban J connectivity index is 1.71. The summed E-state index contributed by atoms with van der Waals surface area (Å²) in [5.74, 6) is -0.609. The summed E-state index contributed by atoms with van der Waals surface area (Å²) in [6, 6.07) is 6.90. The van der Waals surface area contributed by atoms with Gasteiger partial charge >= 0.3 is 5.97 Å². The molecule has 0 atom stereocenters. The van der Waals surface area contributed by atoms with Crippen molar-refractivity contribution in [1.82, 2.24) is 4.90 Å². The van der Waals surface area contributed by atoms with E-state index in [1.54, 1.807) is 30.3 Å². The molecule has 6 nitrogen and oxygen atoms in total. The molecule has 1 aromatic rings. The molecule has 2 aliphatic heterocycles. The summed E-state index contributed by atoms with van der Waals surface area (Å²) in [5.41, 5.74) is 1.32. The Labute approximate surface area is 138 Å². The van der Waals surface area contributed by atoms with Crippen LogP contribution in [0.2, 0.25) is 0 Å². The summed E-state index contributed by atoms with van der Waals surface area (Å²) in [6.45, 7) is 2.81. The number of nitrogens with zero attached hydrogens (tertiary/aromatic N) is 2. The molecule has 0 aliphatic carbocycles. The van der Waals surface area contributed by atoms with Crippen molar-refractivity contribution in [3.05, 3.63) is 40.3 Å². The average Bonchev–Trinajstić information content (AvgIpc) is 2.96. The summed E-state index contributed by atoms with van der Waals surface area (Å²) in [5, 5.41) is 0.732. The number of thioether (sulfide) groups is 1. The third-order valence-corrected chi connectivity index (χ3v) is 4.56. The Morgan fingerprint density at radius 2 is 2.00 bits per heavy atom. The van der Waals surface area contributed by atoms with Gasteiger partial charge in [0.2, 0.25) is 0 Å². The smallest absolute Gasteiger partial charge is 0.337 e. The molecule has 1 fully saturated rings. The van der Waals surface area contributed by atoms with Crippen molar-refractivity contribution in [2.45, 2.75) is 0 Å². The molecule has 7 heteroatoms. The monoisotopic (exact) mass is 332 g/mol. The Morgan fingerprint density at radius 1 is 1.30 bits per heavy atom. The van der Waals surface area contributed by atoms with Crippen LogP contribution in [0.15, 0.2) is 34.2 Å². The predicted molar refractivity (Wildman–Crippen MR) is 88.2 cm³/mol. The minimum absolute atomic E-state index is 0.228. The maximum atomic E-state index is 12.0. The van der Waals surface area contributed by atoms with E-state index in [0.29, 0.717) is 23.7 Å². The summed E-state index contributed by atoms with van der Waals surface area (Å²) in [6.07, 6.45) is 1.78. The SMILES string of the molecule is COC(=O)c1ccc(C=C2SC(N3CCOCC3)=NC2=O)cc1. The van der Waals surface area contributed by atoms with Crippen LogP contribution in [-0.2, 0) is 14.3 Å². The first-order chi connectivity index (χ1) is 11.2. The van der Waals surface area contributed by atoms with Crippen molar-refractivity contribution in [3.63, 3.8) is 0 Å². The van der Waals surface area contributed by atoms with Crippen molar-refractivity contribution < 1.29 is 19.1 Å². The second-order valence-corrected chi connectivity index (χ2v) is 6.03. The Kier molecular flexibility index (Phi) is 4.78. The van der Waals surface area contributed by atoms with E-state index in [1.807, 2.05) is 0 Å². The van der Waals surface area contributed by atoms with E-state index in [9.17, 15) is 9.59 Å². The normalized spacial score (nSPS) is 19.9. The van der Waals surface area contributed by atoms with Crippen LogP contribution in [0.1, 0.15) is 15.9 Å². The molecule has 2 aliphatic rings. The van der Waals surface area contributed by atoms with Crippen LogP contribution in [0.4, 0.5) is 0 Å². The topological polar surface area (TPSA) is 68.2 Å². The number of hydrogen-bond acceptors (Lipinski definition) is 6. The molecule has 120 valence electrons. The maximum Gasteiger partial charge on any atom is 0.337 e. The van der Waals surface area contributed by atoms with Crippen LogP contribution in [0, 0.1) is 0 Å². The van der Waals surface area contributed by atoms with Crippen LogP contribution in [0.5, 0.6) is 0 Å². The average molecular weight is 332 g/mol. The van der Waals surface area contributed by atoms with E-state index >= 15 is 0 Å². The molecule has 2 heterocycles. The fraction of sp³-hybridized carbons (Fsp3) is 0.312. The van der Waals surface area contributed by atoms with Crippen LogP contribution in [0.3, 0.4) is 0 Å². The van der Waals surface area contributed by atoms with Gasteiger partial charge in [0.25, 0.3) is 5.91 Å². The largest absolute Gasteiger partial charge is 0.465 e. The van der Waals surface area contributed by atoms with Crippen LogP contribution in [0.25, 0.3) is 6.08 Å². The van der Waals surface area contributed by atoms with E-state index in [0.717, 1.165) is 23.8 Å². The minimum Gasteiger partial charge on any atom is -0.465 e. The Bertz CT molecular complexity index is 676. The highest BCUT2D eigenvalue weighted by Crippen LogP contribution is 2.30. The summed E-state index contributed by atoms with van der Waals surface area (Å²) < 4.78 is 9.97. The maximum absolute atomic E-state index is 12.0. The number of hydrogen-bond donors (Lipinski definition) is 0. The highest BCUT2D eigenvalue weighted by Gasteiger charge is 2.27. The molecule has 0 aromatic heterocycles. The molecule has 1 aromatic carbocycles. The number of carbonyl (C=O) groups excluding carboxylic acids is 2. The van der Waals surface area contributed by atoms with Gasteiger partial charge in [-0.1, -0.05) is 12.1 Å². The summed E-state index contributed by atoms with van der Waals surface area (Å²) in [4.78, 5) is 30.2. The van der Waals surface area contributed by atoms with Crippen molar-refractivity contribution in [3.8, 4) is 0 Å².